The van der Waals surface area contributed by atoms with Gasteiger partial charge in [-0.2, -0.15) is 0 Å². The van der Waals surface area contributed by atoms with Crippen molar-refractivity contribution in [2.75, 3.05) is 0 Å². The van der Waals surface area contributed by atoms with Crippen LogP contribution in [-0.4, -0.2) is 5.97 Å². The van der Waals surface area contributed by atoms with Crippen LogP contribution < -0.4 is 0 Å². The Bertz CT molecular complexity index is 132. The number of hydrogen-bond acceptors (Lipinski definition) is 1. The summed E-state index contributed by atoms with van der Waals surface area (Å²) >= 11 is 0. The molecule has 0 rings (SSSR count). The van der Waals surface area contributed by atoms with E-state index in [-0.39, 0.29) is 6.42 Å². The fourth-order valence-electron chi connectivity index (χ4n) is 1.43. The minimum Gasteiger partial charge on any atom is -0.247 e. The van der Waals surface area contributed by atoms with Gasteiger partial charge in [-0.3, -0.25) is 0 Å². The molecule has 77 valence electrons. The Kier molecular flexibility index (Phi) is 7.76. The summed E-state index contributed by atoms with van der Waals surface area (Å²) in [5.74, 6) is -0.379. The second-order valence-corrected chi connectivity index (χ2v) is 3.87. The average Bonchev–Trinajstić information content (AvgIpc) is 2.09. The van der Waals surface area contributed by atoms with E-state index in [0.717, 1.165) is 12.8 Å². The van der Waals surface area contributed by atoms with Crippen LogP contribution in [-0.2, 0) is 9.90 Å². The first-order chi connectivity index (χ1) is 6.16. The molecule has 0 N–H and O–H groups in total. The Hall–Kier alpha value is -0.530. The molecule has 0 aromatic heterocycles. The van der Waals surface area contributed by atoms with E-state index < -0.39 is 5.97 Å². The van der Waals surface area contributed by atoms with Gasteiger partial charge < -0.3 is 0 Å². The molecule has 0 aromatic carbocycles. The van der Waals surface area contributed by atoms with E-state index in [2.05, 4.69) is 13.8 Å². The van der Waals surface area contributed by atoms with Crippen molar-refractivity contribution in [3.05, 3.63) is 0 Å². The third kappa shape index (κ3) is 9.38. The van der Waals surface area contributed by atoms with Gasteiger partial charge in [0.2, 0.25) is 0 Å². The van der Waals surface area contributed by atoms with Gasteiger partial charge in [-0.15, -0.1) is 0 Å². The maximum Gasteiger partial charge on any atom is 0.355 e. The van der Waals surface area contributed by atoms with E-state index in [0.29, 0.717) is 5.92 Å². The zero-order valence-electron chi connectivity index (χ0n) is 8.84. The molecule has 0 bridgehead atoms. The van der Waals surface area contributed by atoms with Crippen molar-refractivity contribution in [3.8, 4) is 0 Å². The molecule has 13 heavy (non-hydrogen) atoms. The highest BCUT2D eigenvalue weighted by Gasteiger charge is 2.05. The van der Waals surface area contributed by atoms with Gasteiger partial charge in [0.05, 0.1) is 6.42 Å². The SMILES string of the molecule is CCCCCCC(C)CCC([O])=O. The van der Waals surface area contributed by atoms with Crippen molar-refractivity contribution in [2.24, 2.45) is 5.92 Å². The molecule has 0 aromatic rings. The van der Waals surface area contributed by atoms with E-state index >= 15 is 0 Å². The Morgan fingerprint density at radius 3 is 2.38 bits per heavy atom. The predicted molar refractivity (Wildman–Crippen MR) is 52.9 cm³/mol. The summed E-state index contributed by atoms with van der Waals surface area (Å²) in [5, 5.41) is 10.2. The van der Waals surface area contributed by atoms with Crippen molar-refractivity contribution in [1.82, 2.24) is 0 Å². The number of unbranched alkanes of at least 4 members (excludes halogenated alkanes) is 3. The lowest BCUT2D eigenvalue weighted by atomic mass is 9.98. The van der Waals surface area contributed by atoms with Crippen molar-refractivity contribution in [2.45, 2.75) is 58.8 Å². The van der Waals surface area contributed by atoms with Crippen molar-refractivity contribution >= 4 is 5.97 Å². The zero-order chi connectivity index (χ0) is 10.1. The van der Waals surface area contributed by atoms with E-state index in [4.69, 9.17) is 0 Å². The molecule has 2 heteroatoms. The number of hydrogen-bond donors (Lipinski definition) is 0. The minimum atomic E-state index is -0.916. The van der Waals surface area contributed by atoms with E-state index in [1.807, 2.05) is 0 Å². The van der Waals surface area contributed by atoms with E-state index in [9.17, 15) is 9.90 Å². The standard InChI is InChI=1S/C11H21O2/c1-3-4-5-6-7-10(2)8-9-11(12)13/h10H,3-9H2,1-2H3. The second kappa shape index (κ2) is 8.09. The molecule has 0 amide bonds. The molecule has 1 radical (unpaired) electrons. The van der Waals surface area contributed by atoms with Crippen LogP contribution in [0.3, 0.4) is 0 Å². The third-order valence-corrected chi connectivity index (χ3v) is 2.39. The van der Waals surface area contributed by atoms with Gasteiger partial charge >= 0.3 is 5.97 Å². The lowest BCUT2D eigenvalue weighted by Gasteiger charge is -2.08. The predicted octanol–water partition coefficient (Wildman–Crippen LogP) is 3.33. The van der Waals surface area contributed by atoms with Gasteiger partial charge in [-0.1, -0.05) is 46.0 Å². The molecule has 0 aliphatic rings. The summed E-state index contributed by atoms with van der Waals surface area (Å²) in [5.41, 5.74) is 0. The summed E-state index contributed by atoms with van der Waals surface area (Å²) < 4.78 is 0. The lowest BCUT2D eigenvalue weighted by Crippen LogP contribution is -2.00. The van der Waals surface area contributed by atoms with Crippen LogP contribution in [0.25, 0.3) is 0 Å². The first kappa shape index (κ1) is 12.5. The van der Waals surface area contributed by atoms with Crippen LogP contribution in [0.4, 0.5) is 0 Å². The molecule has 0 fully saturated rings. The monoisotopic (exact) mass is 185 g/mol. The molecular formula is C11H21O2. The molecule has 1 atom stereocenters. The van der Waals surface area contributed by atoms with E-state index in [1.165, 1.54) is 25.7 Å². The molecule has 0 spiro atoms. The molecular weight excluding hydrogens is 164 g/mol. The fraction of sp³-hybridized carbons (Fsp3) is 0.909. The summed E-state index contributed by atoms with van der Waals surface area (Å²) in [4.78, 5) is 10.2. The van der Waals surface area contributed by atoms with Gasteiger partial charge in [-0.05, 0) is 12.3 Å². The van der Waals surface area contributed by atoms with Crippen LogP contribution in [0.15, 0.2) is 0 Å². The quantitative estimate of drug-likeness (QED) is 0.534. The Labute approximate surface area is 81.3 Å². The molecule has 0 saturated heterocycles. The Morgan fingerprint density at radius 2 is 1.85 bits per heavy atom. The van der Waals surface area contributed by atoms with Gasteiger partial charge in [0.1, 0.15) is 0 Å². The van der Waals surface area contributed by atoms with Gasteiger partial charge in [-0.25, -0.2) is 9.90 Å². The Balaban J connectivity index is 3.19. The summed E-state index contributed by atoms with van der Waals surface area (Å²) in [6.45, 7) is 4.31. The first-order valence-corrected chi connectivity index (χ1v) is 5.36. The average molecular weight is 185 g/mol. The molecule has 0 aliphatic carbocycles. The zero-order valence-corrected chi connectivity index (χ0v) is 8.84. The van der Waals surface area contributed by atoms with Crippen LogP contribution in [0.5, 0.6) is 0 Å². The molecule has 0 aliphatic heterocycles. The van der Waals surface area contributed by atoms with Gasteiger partial charge in [0.25, 0.3) is 0 Å². The minimum absolute atomic E-state index is 0.217. The normalized spacial score (nSPS) is 12.8. The van der Waals surface area contributed by atoms with Crippen LogP contribution in [0.1, 0.15) is 58.8 Å². The molecule has 2 nitrogen and oxygen atoms in total. The second-order valence-electron chi connectivity index (χ2n) is 3.87. The maximum absolute atomic E-state index is 10.2. The molecule has 0 heterocycles. The van der Waals surface area contributed by atoms with Crippen LogP contribution in [0, 0.1) is 5.92 Å². The van der Waals surface area contributed by atoms with Crippen molar-refractivity contribution in [3.63, 3.8) is 0 Å². The van der Waals surface area contributed by atoms with Crippen LogP contribution in [0.2, 0.25) is 0 Å². The largest absolute Gasteiger partial charge is 0.355 e. The highest BCUT2D eigenvalue weighted by Crippen LogP contribution is 2.15. The third-order valence-electron chi connectivity index (χ3n) is 2.39. The molecule has 0 saturated carbocycles. The highest BCUT2D eigenvalue weighted by atomic mass is 16.4. The number of carbonyl (C=O) groups excluding carboxylic acids is 1. The lowest BCUT2D eigenvalue weighted by molar-refractivity contribution is -0.143. The van der Waals surface area contributed by atoms with E-state index in [1.54, 1.807) is 0 Å². The summed E-state index contributed by atoms with van der Waals surface area (Å²) in [6, 6.07) is 0. The maximum atomic E-state index is 10.2. The highest BCUT2D eigenvalue weighted by molar-refractivity contribution is 5.66. The van der Waals surface area contributed by atoms with Crippen LogP contribution >= 0.6 is 0 Å². The first-order valence-electron chi connectivity index (χ1n) is 5.36. The number of carbonyl (C=O) groups is 1. The van der Waals surface area contributed by atoms with Crippen molar-refractivity contribution < 1.29 is 9.90 Å². The van der Waals surface area contributed by atoms with Crippen molar-refractivity contribution in [1.29, 1.82) is 0 Å². The topological polar surface area (TPSA) is 37.0 Å². The van der Waals surface area contributed by atoms with Gasteiger partial charge in [0.15, 0.2) is 0 Å². The molecule has 1 unspecified atom stereocenters. The smallest absolute Gasteiger partial charge is 0.247 e. The van der Waals surface area contributed by atoms with Gasteiger partial charge in [0, 0.05) is 0 Å². The summed E-state index contributed by atoms with van der Waals surface area (Å²) in [7, 11) is 0. The Morgan fingerprint density at radius 1 is 1.15 bits per heavy atom. The summed E-state index contributed by atoms with van der Waals surface area (Å²) in [6.07, 6.45) is 7.23. The fourth-order valence-corrected chi connectivity index (χ4v) is 1.43. The number of rotatable bonds is 8.